The Hall–Kier alpha value is -2.63. The number of nitrogens with zero attached hydrogens (tertiary/aromatic N) is 3. The lowest BCUT2D eigenvalue weighted by Crippen LogP contribution is -2.21. The lowest BCUT2D eigenvalue weighted by molar-refractivity contribution is -0.118. The molecular weight excluding hydrogens is 404 g/mol. The summed E-state index contributed by atoms with van der Waals surface area (Å²) in [7, 11) is 0. The van der Waals surface area contributed by atoms with Gasteiger partial charge >= 0.3 is 0 Å². The van der Waals surface area contributed by atoms with Gasteiger partial charge in [-0.05, 0) is 43.4 Å². The maximum absolute atomic E-state index is 12.5. The third-order valence-electron chi connectivity index (χ3n) is 4.76. The van der Waals surface area contributed by atoms with Crippen LogP contribution in [0.25, 0.3) is 10.2 Å². The van der Waals surface area contributed by atoms with E-state index >= 15 is 0 Å². The fourth-order valence-electron chi connectivity index (χ4n) is 3.47. The molecule has 1 aliphatic carbocycles. The number of thioether (sulfide) groups is 1. The Balaban J connectivity index is 1.48. The predicted octanol–water partition coefficient (Wildman–Crippen LogP) is 4.59. The number of fused-ring (bicyclic) bond motifs is 3. The van der Waals surface area contributed by atoms with Gasteiger partial charge in [-0.2, -0.15) is 5.26 Å². The highest BCUT2D eigenvalue weighted by molar-refractivity contribution is 7.99. The molecule has 0 radical (unpaired) electrons. The van der Waals surface area contributed by atoms with E-state index in [2.05, 4.69) is 21.4 Å². The number of benzene rings is 1. The first-order chi connectivity index (χ1) is 14.3. The second-order valence-corrected chi connectivity index (χ2v) is 8.80. The molecule has 8 heteroatoms. The zero-order valence-electron chi connectivity index (χ0n) is 15.8. The van der Waals surface area contributed by atoms with E-state index < -0.39 is 0 Å². The van der Waals surface area contributed by atoms with E-state index in [-0.39, 0.29) is 12.5 Å². The molecule has 0 aliphatic heterocycles. The van der Waals surface area contributed by atoms with Gasteiger partial charge in [0, 0.05) is 9.77 Å². The molecule has 3 aromatic rings. The molecule has 0 unspecified atom stereocenters. The molecule has 2 heterocycles. The van der Waals surface area contributed by atoms with Gasteiger partial charge in [-0.3, -0.25) is 4.79 Å². The number of aromatic nitrogens is 2. The van der Waals surface area contributed by atoms with E-state index in [0.717, 1.165) is 34.4 Å². The quantitative estimate of drug-likeness (QED) is 0.460. The van der Waals surface area contributed by atoms with E-state index in [4.69, 9.17) is 10.00 Å². The van der Waals surface area contributed by atoms with Crippen molar-refractivity contribution in [1.82, 2.24) is 9.97 Å². The molecule has 0 fully saturated rings. The van der Waals surface area contributed by atoms with Crippen molar-refractivity contribution in [2.75, 3.05) is 17.7 Å². The molecule has 1 N–H and O–H groups in total. The Morgan fingerprint density at radius 2 is 2.10 bits per heavy atom. The van der Waals surface area contributed by atoms with Crippen LogP contribution in [0.4, 0.5) is 5.69 Å². The third kappa shape index (κ3) is 4.52. The lowest BCUT2D eigenvalue weighted by Gasteiger charge is -2.11. The van der Waals surface area contributed by atoms with Gasteiger partial charge in [0.05, 0.1) is 22.9 Å². The molecule has 4 rings (SSSR count). The highest BCUT2D eigenvalue weighted by Gasteiger charge is 2.20. The fourth-order valence-corrected chi connectivity index (χ4v) is 5.36. The number of rotatable bonds is 6. The van der Waals surface area contributed by atoms with Crippen LogP contribution < -0.4 is 10.1 Å². The highest BCUT2D eigenvalue weighted by atomic mass is 32.2. The van der Waals surface area contributed by atoms with Crippen molar-refractivity contribution in [3.63, 3.8) is 0 Å². The average molecular weight is 425 g/mol. The van der Waals surface area contributed by atoms with Crippen LogP contribution >= 0.6 is 23.1 Å². The van der Waals surface area contributed by atoms with Crippen molar-refractivity contribution >= 4 is 44.9 Å². The Morgan fingerprint density at radius 1 is 1.24 bits per heavy atom. The van der Waals surface area contributed by atoms with Gasteiger partial charge in [-0.25, -0.2) is 9.97 Å². The van der Waals surface area contributed by atoms with E-state index in [9.17, 15) is 4.79 Å². The van der Waals surface area contributed by atoms with Gasteiger partial charge in [0.15, 0.2) is 6.61 Å². The summed E-state index contributed by atoms with van der Waals surface area (Å²) in [6.45, 7) is -0.131. The minimum atomic E-state index is -0.261. The number of anilines is 1. The van der Waals surface area contributed by atoms with Crippen molar-refractivity contribution in [3.8, 4) is 11.9 Å². The number of aryl methyl sites for hydroxylation is 2. The number of thiophene rings is 1. The molecule has 6 nitrogen and oxygen atoms in total. The topological polar surface area (TPSA) is 87.9 Å². The Labute approximate surface area is 177 Å². The van der Waals surface area contributed by atoms with E-state index in [0.29, 0.717) is 17.3 Å². The number of carbonyl (C=O) groups is 1. The van der Waals surface area contributed by atoms with Crippen molar-refractivity contribution < 1.29 is 9.53 Å². The first-order valence-electron chi connectivity index (χ1n) is 9.53. The maximum Gasteiger partial charge on any atom is 0.262 e. The summed E-state index contributed by atoms with van der Waals surface area (Å²) < 4.78 is 5.82. The molecule has 1 amide bonds. The van der Waals surface area contributed by atoms with E-state index in [1.807, 2.05) is 24.3 Å². The summed E-state index contributed by atoms with van der Waals surface area (Å²) in [5.74, 6) is 0.547. The van der Waals surface area contributed by atoms with Crippen LogP contribution in [0.15, 0.2) is 35.5 Å². The monoisotopic (exact) mass is 424 g/mol. The van der Waals surface area contributed by atoms with Crippen LogP contribution in [-0.2, 0) is 17.6 Å². The number of nitrogens with one attached hydrogen (secondary N) is 1. The van der Waals surface area contributed by atoms with Crippen molar-refractivity contribution in [1.29, 1.82) is 5.26 Å². The van der Waals surface area contributed by atoms with Crippen LogP contribution in [0.5, 0.6) is 5.88 Å². The fraction of sp³-hybridized carbons (Fsp3) is 0.333. The normalized spacial score (nSPS) is 13.3. The zero-order valence-corrected chi connectivity index (χ0v) is 17.4. The summed E-state index contributed by atoms with van der Waals surface area (Å²) in [6.07, 6.45) is 7.18. The first-order valence-corrected chi connectivity index (χ1v) is 11.3. The zero-order chi connectivity index (χ0) is 20.1. The van der Waals surface area contributed by atoms with Crippen LogP contribution in [0.3, 0.4) is 0 Å². The maximum atomic E-state index is 12.5. The van der Waals surface area contributed by atoms with E-state index in [1.54, 1.807) is 11.3 Å². The van der Waals surface area contributed by atoms with E-state index in [1.165, 1.54) is 41.4 Å². The number of carbonyl (C=O) groups excluding carboxylic acids is 1. The number of hydrogen-bond donors (Lipinski definition) is 1. The van der Waals surface area contributed by atoms with Gasteiger partial charge in [0.2, 0.25) is 5.88 Å². The predicted molar refractivity (Wildman–Crippen MR) is 116 cm³/mol. The van der Waals surface area contributed by atoms with Crippen molar-refractivity contribution in [2.45, 2.75) is 37.0 Å². The van der Waals surface area contributed by atoms with Gasteiger partial charge in [0.1, 0.15) is 11.2 Å². The largest absolute Gasteiger partial charge is 0.467 e. The Morgan fingerprint density at radius 3 is 3.00 bits per heavy atom. The van der Waals surface area contributed by atoms with Crippen LogP contribution in [-0.4, -0.2) is 28.2 Å². The number of amides is 1. The average Bonchev–Trinajstić information content (AvgIpc) is 2.93. The van der Waals surface area contributed by atoms with Crippen molar-refractivity contribution in [3.05, 3.63) is 41.0 Å². The Bertz CT molecular complexity index is 1070. The van der Waals surface area contributed by atoms with Crippen LogP contribution in [0.1, 0.15) is 29.7 Å². The molecule has 0 spiro atoms. The standard InChI is InChI=1S/C21H20N4O2S2/c22-10-11-28-17-9-5-4-7-15(17)25-18(26)12-27-20-19-14-6-2-1-3-8-16(14)29-21(19)24-13-23-20/h4-5,7,9,13H,1-3,6,8,11-12H2,(H,25,26). The highest BCUT2D eigenvalue weighted by Crippen LogP contribution is 2.38. The molecule has 2 aromatic heterocycles. The van der Waals surface area contributed by atoms with Gasteiger partial charge in [-0.15, -0.1) is 23.1 Å². The number of nitriles is 1. The smallest absolute Gasteiger partial charge is 0.262 e. The molecule has 29 heavy (non-hydrogen) atoms. The van der Waals surface area contributed by atoms with Gasteiger partial charge in [0.25, 0.3) is 5.91 Å². The molecule has 0 saturated heterocycles. The van der Waals surface area contributed by atoms with Crippen LogP contribution in [0, 0.1) is 11.3 Å². The summed E-state index contributed by atoms with van der Waals surface area (Å²) in [5.41, 5.74) is 1.97. The number of hydrogen-bond acceptors (Lipinski definition) is 7. The second-order valence-electron chi connectivity index (χ2n) is 6.70. The molecule has 1 aliphatic rings. The summed E-state index contributed by atoms with van der Waals surface area (Å²) in [6, 6.07) is 9.53. The van der Waals surface area contributed by atoms with Gasteiger partial charge < -0.3 is 10.1 Å². The SMILES string of the molecule is N#CCSc1ccccc1NC(=O)COc1ncnc2sc3c(c12)CCCCC3. The van der Waals surface area contributed by atoms with Crippen molar-refractivity contribution in [2.24, 2.45) is 0 Å². The minimum absolute atomic E-state index is 0.131. The molecule has 148 valence electrons. The summed E-state index contributed by atoms with van der Waals surface area (Å²) >= 11 is 3.10. The molecular formula is C21H20N4O2S2. The molecule has 0 atom stereocenters. The molecule has 0 saturated carbocycles. The third-order valence-corrected chi connectivity index (χ3v) is 6.90. The Kier molecular flexibility index (Phi) is 6.27. The lowest BCUT2D eigenvalue weighted by atomic mass is 10.1. The van der Waals surface area contributed by atoms with Gasteiger partial charge in [-0.1, -0.05) is 18.6 Å². The van der Waals surface area contributed by atoms with Crippen LogP contribution in [0.2, 0.25) is 0 Å². The number of para-hydroxylation sites is 1. The summed E-state index contributed by atoms with van der Waals surface area (Å²) in [5, 5.41) is 12.6. The molecule has 1 aromatic carbocycles. The number of ether oxygens (including phenoxy) is 1. The summed E-state index contributed by atoms with van der Waals surface area (Å²) in [4.78, 5) is 24.4. The molecule has 0 bridgehead atoms. The minimum Gasteiger partial charge on any atom is -0.467 e. The first kappa shape index (κ1) is 19.7. The second kappa shape index (κ2) is 9.25.